The number of hydrogen-bond donors (Lipinski definition) is 0. The molecule has 0 bridgehead atoms. The zero-order valence-electron chi connectivity index (χ0n) is 14.5. The molecule has 0 fully saturated rings. The first kappa shape index (κ1) is 15.5. The van der Waals surface area contributed by atoms with Crippen LogP contribution in [-0.4, -0.2) is 0 Å². The van der Waals surface area contributed by atoms with Crippen LogP contribution in [-0.2, 0) is 0 Å². The zero-order chi connectivity index (χ0) is 17.2. The molecule has 0 radical (unpaired) electrons. The molecule has 0 N–H and O–H groups in total. The Hall–Kier alpha value is -3.06. The third-order valence-corrected chi connectivity index (χ3v) is 4.58. The molecule has 25 heavy (non-hydrogen) atoms. The molecule has 0 unspecified atom stereocenters. The molecule has 4 rings (SSSR count). The number of hydrogen-bond acceptors (Lipinski definition) is 1. The maximum absolute atomic E-state index is 6.42. The Morgan fingerprint density at radius 1 is 0.760 bits per heavy atom. The molecule has 0 aliphatic carbocycles. The monoisotopic (exact) mass is 324 g/mol. The molecule has 0 aliphatic heterocycles. The van der Waals surface area contributed by atoms with E-state index in [1.165, 1.54) is 11.1 Å². The summed E-state index contributed by atoms with van der Waals surface area (Å²) >= 11 is 0. The van der Waals surface area contributed by atoms with E-state index in [0.29, 0.717) is 0 Å². The van der Waals surface area contributed by atoms with Gasteiger partial charge < -0.3 is 4.42 Å². The summed E-state index contributed by atoms with van der Waals surface area (Å²) in [5.41, 5.74) is 6.52. The van der Waals surface area contributed by atoms with E-state index in [-0.39, 0.29) is 0 Å². The summed E-state index contributed by atoms with van der Waals surface area (Å²) in [6.07, 6.45) is 6.31. The second kappa shape index (κ2) is 6.45. The van der Waals surface area contributed by atoms with Gasteiger partial charge in [-0.2, -0.15) is 0 Å². The SMILES string of the molecule is C/C=C\C(=C/C)c1cccc2c1oc1c(-c3ccccc3)cccc12. The second-order valence-electron chi connectivity index (χ2n) is 6.08. The molecule has 0 atom stereocenters. The highest BCUT2D eigenvalue weighted by molar-refractivity contribution is 6.12. The van der Waals surface area contributed by atoms with Crippen molar-refractivity contribution in [2.75, 3.05) is 0 Å². The molecule has 1 aromatic heterocycles. The van der Waals surface area contributed by atoms with Crippen molar-refractivity contribution in [2.24, 2.45) is 0 Å². The van der Waals surface area contributed by atoms with Crippen LogP contribution in [0.25, 0.3) is 38.6 Å². The van der Waals surface area contributed by atoms with E-state index < -0.39 is 0 Å². The van der Waals surface area contributed by atoms with Gasteiger partial charge in [-0.05, 0) is 25.0 Å². The number of fused-ring (bicyclic) bond motifs is 3. The van der Waals surface area contributed by atoms with Crippen molar-refractivity contribution < 1.29 is 4.42 Å². The molecule has 4 aromatic rings. The summed E-state index contributed by atoms with van der Waals surface area (Å²) in [6, 6.07) is 23.2. The Morgan fingerprint density at radius 2 is 1.48 bits per heavy atom. The minimum atomic E-state index is 0.951. The summed E-state index contributed by atoms with van der Waals surface area (Å²) in [6.45, 7) is 4.10. The third kappa shape index (κ3) is 2.58. The lowest BCUT2D eigenvalue weighted by Gasteiger charge is -2.03. The maximum Gasteiger partial charge on any atom is 0.143 e. The largest absolute Gasteiger partial charge is 0.455 e. The molecule has 1 heteroatoms. The van der Waals surface area contributed by atoms with Crippen molar-refractivity contribution in [3.63, 3.8) is 0 Å². The summed E-state index contributed by atoms with van der Waals surface area (Å²) < 4.78 is 6.42. The number of benzene rings is 3. The summed E-state index contributed by atoms with van der Waals surface area (Å²) in [7, 11) is 0. The van der Waals surface area contributed by atoms with Gasteiger partial charge in [-0.25, -0.2) is 0 Å². The molecule has 0 saturated heterocycles. The number of para-hydroxylation sites is 2. The molecule has 0 spiro atoms. The van der Waals surface area contributed by atoms with Gasteiger partial charge >= 0.3 is 0 Å². The Balaban J connectivity index is 2.06. The molecule has 0 amide bonds. The predicted molar refractivity (Wildman–Crippen MR) is 108 cm³/mol. The zero-order valence-corrected chi connectivity index (χ0v) is 14.5. The number of furan rings is 1. The first-order valence-electron chi connectivity index (χ1n) is 8.62. The minimum absolute atomic E-state index is 0.951. The van der Waals surface area contributed by atoms with Gasteiger partial charge in [-0.1, -0.05) is 85.0 Å². The topological polar surface area (TPSA) is 13.1 Å². The van der Waals surface area contributed by atoms with Crippen molar-refractivity contribution in [1.29, 1.82) is 0 Å². The van der Waals surface area contributed by atoms with E-state index in [4.69, 9.17) is 4.42 Å². The second-order valence-corrected chi connectivity index (χ2v) is 6.08. The number of allylic oxidation sites excluding steroid dienone is 4. The van der Waals surface area contributed by atoms with Crippen molar-refractivity contribution in [3.05, 3.63) is 90.5 Å². The van der Waals surface area contributed by atoms with Gasteiger partial charge in [0.1, 0.15) is 11.2 Å². The fourth-order valence-corrected chi connectivity index (χ4v) is 3.41. The van der Waals surface area contributed by atoms with Crippen LogP contribution in [0.3, 0.4) is 0 Å². The summed E-state index contributed by atoms with van der Waals surface area (Å²) in [5.74, 6) is 0. The Bertz CT molecular complexity index is 1100. The average molecular weight is 324 g/mol. The van der Waals surface area contributed by atoms with Gasteiger partial charge in [0.2, 0.25) is 0 Å². The van der Waals surface area contributed by atoms with Crippen molar-refractivity contribution in [1.82, 2.24) is 0 Å². The smallest absolute Gasteiger partial charge is 0.143 e. The molecule has 3 aromatic carbocycles. The lowest BCUT2D eigenvalue weighted by molar-refractivity contribution is 0.669. The average Bonchev–Trinajstić information content (AvgIpc) is 3.06. The fraction of sp³-hybridized carbons (Fsp3) is 0.0833. The van der Waals surface area contributed by atoms with Crippen LogP contribution in [0.1, 0.15) is 19.4 Å². The van der Waals surface area contributed by atoms with E-state index in [1.807, 2.05) is 13.0 Å². The molecule has 0 aliphatic rings. The van der Waals surface area contributed by atoms with Crippen LogP contribution in [0.2, 0.25) is 0 Å². The quantitative estimate of drug-likeness (QED) is 0.362. The summed E-state index contributed by atoms with van der Waals surface area (Å²) in [4.78, 5) is 0. The standard InChI is InChI=1S/C24H20O/c1-3-10-17(4-2)19-13-8-15-21-22-16-9-14-20(24(22)25-23(19)21)18-11-6-5-7-12-18/h3-16H,1-2H3/b10-3-,17-4+. The predicted octanol–water partition coefficient (Wildman–Crippen LogP) is 7.23. The number of rotatable bonds is 3. The Morgan fingerprint density at radius 3 is 2.20 bits per heavy atom. The normalized spacial score (nSPS) is 12.5. The van der Waals surface area contributed by atoms with Gasteiger partial charge in [-0.15, -0.1) is 0 Å². The van der Waals surface area contributed by atoms with Crippen LogP contribution in [0.15, 0.2) is 89.4 Å². The Labute approximate surface area is 147 Å². The van der Waals surface area contributed by atoms with Gasteiger partial charge in [-0.3, -0.25) is 0 Å². The lowest BCUT2D eigenvalue weighted by atomic mass is 10.00. The molecular formula is C24H20O. The third-order valence-electron chi connectivity index (χ3n) is 4.58. The molecular weight excluding hydrogens is 304 g/mol. The maximum atomic E-state index is 6.42. The van der Waals surface area contributed by atoms with E-state index in [0.717, 1.165) is 33.1 Å². The van der Waals surface area contributed by atoms with E-state index >= 15 is 0 Å². The summed E-state index contributed by atoms with van der Waals surface area (Å²) in [5, 5.41) is 2.32. The van der Waals surface area contributed by atoms with E-state index in [1.54, 1.807) is 0 Å². The lowest BCUT2D eigenvalue weighted by Crippen LogP contribution is -1.81. The highest BCUT2D eigenvalue weighted by Gasteiger charge is 2.15. The van der Waals surface area contributed by atoms with Crippen molar-refractivity contribution in [2.45, 2.75) is 13.8 Å². The molecule has 1 heterocycles. The molecule has 1 nitrogen and oxygen atoms in total. The van der Waals surface area contributed by atoms with Crippen LogP contribution >= 0.6 is 0 Å². The highest BCUT2D eigenvalue weighted by Crippen LogP contribution is 2.38. The van der Waals surface area contributed by atoms with Gasteiger partial charge in [0, 0.05) is 21.9 Å². The Kier molecular flexibility index (Phi) is 3.99. The van der Waals surface area contributed by atoms with Crippen molar-refractivity contribution in [3.8, 4) is 11.1 Å². The first-order chi connectivity index (χ1) is 12.3. The molecule has 122 valence electrons. The van der Waals surface area contributed by atoms with Crippen LogP contribution in [0, 0.1) is 0 Å². The first-order valence-corrected chi connectivity index (χ1v) is 8.62. The van der Waals surface area contributed by atoms with E-state index in [9.17, 15) is 0 Å². The van der Waals surface area contributed by atoms with Crippen LogP contribution < -0.4 is 0 Å². The molecule has 0 saturated carbocycles. The van der Waals surface area contributed by atoms with Crippen molar-refractivity contribution >= 4 is 27.5 Å². The minimum Gasteiger partial charge on any atom is -0.455 e. The van der Waals surface area contributed by atoms with E-state index in [2.05, 4.69) is 85.8 Å². The van der Waals surface area contributed by atoms with Crippen LogP contribution in [0.5, 0.6) is 0 Å². The highest BCUT2D eigenvalue weighted by atomic mass is 16.3. The fourth-order valence-electron chi connectivity index (χ4n) is 3.41. The van der Waals surface area contributed by atoms with Crippen LogP contribution in [0.4, 0.5) is 0 Å². The van der Waals surface area contributed by atoms with Gasteiger partial charge in [0.15, 0.2) is 0 Å². The van der Waals surface area contributed by atoms with Gasteiger partial charge in [0.25, 0.3) is 0 Å². The van der Waals surface area contributed by atoms with Gasteiger partial charge in [0.05, 0.1) is 0 Å².